The zero-order valence-electron chi connectivity index (χ0n) is 16.4. The first-order valence-corrected chi connectivity index (χ1v) is 10.0. The summed E-state index contributed by atoms with van der Waals surface area (Å²) >= 11 is 5.91. The van der Waals surface area contributed by atoms with Crippen molar-refractivity contribution in [1.82, 2.24) is 19.0 Å². The van der Waals surface area contributed by atoms with Crippen molar-refractivity contribution >= 4 is 22.5 Å². The maximum Gasteiger partial charge on any atom is 0.255 e. The molecule has 4 aromatic rings. The zero-order chi connectivity index (χ0) is 20.1. The maximum absolute atomic E-state index is 12.8. The average molecular weight is 421 g/mol. The van der Waals surface area contributed by atoms with Crippen LogP contribution in [0.3, 0.4) is 0 Å². The predicted molar refractivity (Wildman–Crippen MR) is 124 cm³/mol. The number of aromatic nitrogens is 3. The highest BCUT2D eigenvalue weighted by molar-refractivity contribution is 6.30. The molecule has 1 aliphatic heterocycles. The number of hydrogen-bond donors (Lipinski definition) is 0. The first-order valence-electron chi connectivity index (χ1n) is 9.65. The fourth-order valence-electron chi connectivity index (χ4n) is 4.24. The summed E-state index contributed by atoms with van der Waals surface area (Å²) in [6.07, 6.45) is 4.45. The van der Waals surface area contributed by atoms with E-state index in [4.69, 9.17) is 11.6 Å². The van der Waals surface area contributed by atoms with Crippen LogP contribution in [-0.4, -0.2) is 32.6 Å². The predicted octanol–water partition coefficient (Wildman–Crippen LogP) is 4.67. The summed E-state index contributed by atoms with van der Waals surface area (Å²) in [6, 6.07) is 13.4. The normalized spacial score (nSPS) is 13.8. The zero-order valence-corrected chi connectivity index (χ0v) is 17.1. The smallest absolute Gasteiger partial charge is 0.255 e. The van der Waals surface area contributed by atoms with Gasteiger partial charge in [-0.25, -0.2) is 0 Å². The fourth-order valence-corrected chi connectivity index (χ4v) is 4.36. The molecule has 0 atom stereocenters. The molecular formula is C24H25ClN4O. The second-order valence-electron chi connectivity index (χ2n) is 7.66. The van der Waals surface area contributed by atoms with Crippen molar-refractivity contribution in [3.8, 4) is 16.9 Å². The lowest BCUT2D eigenvalue weighted by Gasteiger charge is -2.23. The Balaban J connectivity index is 0.00000218. The largest absolute Gasteiger partial charge is 0.347 e. The summed E-state index contributed by atoms with van der Waals surface area (Å²) in [7, 11) is 4.28. The van der Waals surface area contributed by atoms with Gasteiger partial charge in [0.1, 0.15) is 0 Å². The van der Waals surface area contributed by atoms with Gasteiger partial charge in [-0.05, 0) is 42.9 Å². The number of nitrogens with zero attached hydrogens (tertiary/aromatic N) is 4. The van der Waals surface area contributed by atoms with Gasteiger partial charge in [-0.15, -0.1) is 0 Å². The summed E-state index contributed by atoms with van der Waals surface area (Å²) in [5.41, 5.74) is 6.25. The van der Waals surface area contributed by atoms with Gasteiger partial charge in [-0.2, -0.15) is 0 Å². The minimum absolute atomic E-state index is 0. The molecule has 1 aliphatic rings. The van der Waals surface area contributed by atoms with Crippen molar-refractivity contribution in [3.05, 3.63) is 81.5 Å². The van der Waals surface area contributed by atoms with Crippen LogP contribution >= 0.6 is 11.6 Å². The minimum atomic E-state index is -0.0858. The third kappa shape index (κ3) is 3.34. The number of pyridine rings is 2. The summed E-state index contributed by atoms with van der Waals surface area (Å²) in [4.78, 5) is 19.5. The van der Waals surface area contributed by atoms with Gasteiger partial charge in [0.05, 0.1) is 21.9 Å². The lowest BCUT2D eigenvalue weighted by atomic mass is 10.0. The highest BCUT2D eigenvalue weighted by Gasteiger charge is 2.21. The van der Waals surface area contributed by atoms with Crippen molar-refractivity contribution in [2.45, 2.75) is 20.4 Å². The van der Waals surface area contributed by atoms with E-state index in [-0.39, 0.29) is 13.0 Å². The van der Waals surface area contributed by atoms with Gasteiger partial charge in [-0.1, -0.05) is 25.1 Å². The third-order valence-electron chi connectivity index (χ3n) is 5.80. The van der Waals surface area contributed by atoms with E-state index in [1.165, 1.54) is 16.6 Å². The van der Waals surface area contributed by atoms with Crippen LogP contribution in [0.2, 0.25) is 5.02 Å². The van der Waals surface area contributed by atoms with E-state index in [2.05, 4.69) is 40.7 Å². The summed E-state index contributed by atoms with van der Waals surface area (Å²) < 4.78 is 3.95. The Morgan fingerprint density at radius 1 is 1.07 bits per heavy atom. The lowest BCUT2D eigenvalue weighted by Crippen LogP contribution is -2.26. The molecule has 154 valence electrons. The quantitative estimate of drug-likeness (QED) is 0.473. The molecule has 1 aromatic carbocycles. The van der Waals surface area contributed by atoms with Crippen molar-refractivity contribution in [3.63, 3.8) is 0 Å². The molecule has 4 heterocycles. The van der Waals surface area contributed by atoms with Gasteiger partial charge in [0.2, 0.25) is 0 Å². The summed E-state index contributed by atoms with van der Waals surface area (Å²) in [6.45, 7) is 2.04. The summed E-state index contributed by atoms with van der Waals surface area (Å²) in [5, 5.41) is 1.85. The number of likely N-dealkylation sites (N-methyl/N-ethyl adjacent to an activating group) is 1. The monoisotopic (exact) mass is 420 g/mol. The highest BCUT2D eigenvalue weighted by atomic mass is 35.5. The van der Waals surface area contributed by atoms with Gasteiger partial charge < -0.3 is 9.47 Å². The Morgan fingerprint density at radius 3 is 2.63 bits per heavy atom. The third-order valence-corrected chi connectivity index (χ3v) is 6.02. The van der Waals surface area contributed by atoms with Crippen LogP contribution in [0, 0.1) is 0 Å². The van der Waals surface area contributed by atoms with E-state index >= 15 is 0 Å². The Labute approximate surface area is 181 Å². The molecule has 5 nitrogen and oxygen atoms in total. The van der Waals surface area contributed by atoms with Gasteiger partial charge in [0, 0.05) is 61.7 Å². The molecule has 3 aromatic heterocycles. The van der Waals surface area contributed by atoms with E-state index in [0.29, 0.717) is 5.02 Å². The highest BCUT2D eigenvalue weighted by Crippen LogP contribution is 2.31. The topological polar surface area (TPSA) is 43.1 Å². The second-order valence-corrected chi connectivity index (χ2v) is 8.10. The number of aryl methyl sites for hydroxylation is 1. The standard InChI is InChI=1S/C23H21ClN4O.CH4/c1-26-9-8-21-19(14-26)18-5-4-17(12-22(18)27(21)2)28-10-7-15(11-23(28)29)20-6-3-16(24)13-25-20;/h3-7,10-13H,8-9,14H2,1-2H3;1H4. The van der Waals surface area contributed by atoms with E-state index in [9.17, 15) is 4.79 Å². The molecule has 0 amide bonds. The van der Waals surface area contributed by atoms with Crippen LogP contribution in [-0.2, 0) is 20.0 Å². The van der Waals surface area contributed by atoms with Crippen LogP contribution in [0.1, 0.15) is 18.7 Å². The van der Waals surface area contributed by atoms with Crippen LogP contribution in [0.5, 0.6) is 0 Å². The molecule has 0 bridgehead atoms. The Morgan fingerprint density at radius 2 is 1.90 bits per heavy atom. The van der Waals surface area contributed by atoms with Gasteiger partial charge in [0.15, 0.2) is 0 Å². The number of hydrogen-bond acceptors (Lipinski definition) is 3. The minimum Gasteiger partial charge on any atom is -0.347 e. The molecule has 6 heteroatoms. The van der Waals surface area contributed by atoms with E-state index in [0.717, 1.165) is 42.0 Å². The van der Waals surface area contributed by atoms with E-state index in [1.54, 1.807) is 22.9 Å². The lowest BCUT2D eigenvalue weighted by molar-refractivity contribution is 0.310. The number of rotatable bonds is 2. The Bertz CT molecular complexity index is 1290. The molecule has 0 fully saturated rings. The Kier molecular flexibility index (Phi) is 5.26. The van der Waals surface area contributed by atoms with Crippen LogP contribution in [0.4, 0.5) is 0 Å². The molecule has 5 rings (SSSR count). The molecule has 0 N–H and O–H groups in total. The molecular weight excluding hydrogens is 396 g/mol. The van der Waals surface area contributed by atoms with Crippen LogP contribution in [0.15, 0.2) is 59.7 Å². The molecule has 0 aliphatic carbocycles. The molecule has 0 saturated heterocycles. The van der Waals surface area contributed by atoms with E-state index in [1.807, 2.05) is 24.4 Å². The van der Waals surface area contributed by atoms with E-state index < -0.39 is 0 Å². The first-order chi connectivity index (χ1) is 14.0. The number of fused-ring (bicyclic) bond motifs is 3. The molecule has 0 radical (unpaired) electrons. The second kappa shape index (κ2) is 7.74. The Hall–Kier alpha value is -2.89. The van der Waals surface area contributed by atoms with Gasteiger partial charge in [-0.3, -0.25) is 14.3 Å². The fraction of sp³-hybridized carbons (Fsp3) is 0.250. The summed E-state index contributed by atoms with van der Waals surface area (Å²) in [5.74, 6) is 0. The molecule has 30 heavy (non-hydrogen) atoms. The molecule has 0 spiro atoms. The van der Waals surface area contributed by atoms with Crippen molar-refractivity contribution in [2.75, 3.05) is 13.6 Å². The maximum atomic E-state index is 12.8. The van der Waals surface area contributed by atoms with Crippen molar-refractivity contribution in [2.24, 2.45) is 7.05 Å². The van der Waals surface area contributed by atoms with Crippen LogP contribution in [0.25, 0.3) is 27.8 Å². The molecule has 0 saturated carbocycles. The van der Waals surface area contributed by atoms with Gasteiger partial charge in [0.25, 0.3) is 5.56 Å². The SMILES string of the molecule is C.CN1CCc2c(c3ccc(-n4ccc(-c5ccc(Cl)cn5)cc4=O)cc3n2C)C1. The van der Waals surface area contributed by atoms with Crippen molar-refractivity contribution < 1.29 is 0 Å². The van der Waals surface area contributed by atoms with Gasteiger partial charge >= 0.3 is 0 Å². The first kappa shape index (κ1) is 20.4. The van der Waals surface area contributed by atoms with Crippen LogP contribution < -0.4 is 5.56 Å². The average Bonchev–Trinajstić information content (AvgIpc) is 2.99. The number of benzene rings is 1. The molecule has 0 unspecified atom stereocenters. The number of halogens is 1. The van der Waals surface area contributed by atoms with Crippen molar-refractivity contribution in [1.29, 1.82) is 0 Å².